The SMILES string of the molecule is CCCC(c1ccc(NC(C)=O)cc1)n1ccnc1. The maximum Gasteiger partial charge on any atom is 0.221 e. The molecule has 4 nitrogen and oxygen atoms in total. The van der Waals surface area contributed by atoms with Crippen LogP contribution in [0.2, 0.25) is 0 Å². The number of hydrogen-bond acceptors (Lipinski definition) is 2. The van der Waals surface area contributed by atoms with Gasteiger partial charge in [-0.15, -0.1) is 0 Å². The van der Waals surface area contributed by atoms with E-state index in [1.165, 1.54) is 12.5 Å². The second-order valence-electron chi connectivity index (χ2n) is 4.62. The van der Waals surface area contributed by atoms with E-state index in [2.05, 4.69) is 33.9 Å². The molecule has 2 rings (SSSR count). The lowest BCUT2D eigenvalue weighted by Crippen LogP contribution is -2.09. The highest BCUT2D eigenvalue weighted by Gasteiger charge is 2.12. The van der Waals surface area contributed by atoms with E-state index in [0.717, 1.165) is 18.5 Å². The van der Waals surface area contributed by atoms with Crippen molar-refractivity contribution >= 4 is 11.6 Å². The zero-order chi connectivity index (χ0) is 13.7. The van der Waals surface area contributed by atoms with Crippen LogP contribution in [-0.2, 0) is 4.79 Å². The van der Waals surface area contributed by atoms with Crippen molar-refractivity contribution in [3.05, 3.63) is 48.5 Å². The highest BCUT2D eigenvalue weighted by Crippen LogP contribution is 2.24. The van der Waals surface area contributed by atoms with Gasteiger partial charge < -0.3 is 9.88 Å². The second-order valence-corrected chi connectivity index (χ2v) is 4.62. The molecule has 1 aromatic heterocycles. The third-order valence-electron chi connectivity index (χ3n) is 3.06. The zero-order valence-corrected chi connectivity index (χ0v) is 11.3. The molecule has 0 aliphatic carbocycles. The summed E-state index contributed by atoms with van der Waals surface area (Å²) < 4.78 is 2.12. The first-order valence-corrected chi connectivity index (χ1v) is 6.55. The van der Waals surface area contributed by atoms with Gasteiger partial charge in [-0.1, -0.05) is 25.5 Å². The average molecular weight is 257 g/mol. The summed E-state index contributed by atoms with van der Waals surface area (Å²) in [5.74, 6) is -0.0486. The van der Waals surface area contributed by atoms with Crippen LogP contribution in [0.5, 0.6) is 0 Å². The number of carbonyl (C=O) groups excluding carboxylic acids is 1. The van der Waals surface area contributed by atoms with Crippen molar-refractivity contribution in [3.8, 4) is 0 Å². The van der Waals surface area contributed by atoms with E-state index in [1.807, 2.05) is 24.7 Å². The van der Waals surface area contributed by atoms with E-state index in [9.17, 15) is 4.79 Å². The molecule has 0 saturated heterocycles. The van der Waals surface area contributed by atoms with Crippen molar-refractivity contribution < 1.29 is 4.79 Å². The van der Waals surface area contributed by atoms with Gasteiger partial charge in [0.15, 0.2) is 0 Å². The van der Waals surface area contributed by atoms with Crippen LogP contribution in [0, 0.1) is 0 Å². The van der Waals surface area contributed by atoms with Gasteiger partial charge in [0.05, 0.1) is 12.4 Å². The van der Waals surface area contributed by atoms with E-state index in [0.29, 0.717) is 6.04 Å². The molecule has 1 heterocycles. The smallest absolute Gasteiger partial charge is 0.221 e. The molecule has 0 spiro atoms. The van der Waals surface area contributed by atoms with Gasteiger partial charge >= 0.3 is 0 Å². The lowest BCUT2D eigenvalue weighted by atomic mass is 10.0. The van der Waals surface area contributed by atoms with Crippen LogP contribution in [0.15, 0.2) is 43.0 Å². The fourth-order valence-corrected chi connectivity index (χ4v) is 2.21. The van der Waals surface area contributed by atoms with Gasteiger partial charge in [-0.05, 0) is 24.1 Å². The number of rotatable bonds is 5. The molecule has 1 atom stereocenters. The predicted octanol–water partition coefficient (Wildman–Crippen LogP) is 3.23. The molecule has 1 amide bonds. The normalized spacial score (nSPS) is 12.1. The summed E-state index contributed by atoms with van der Waals surface area (Å²) in [6.45, 7) is 3.69. The Kier molecular flexibility index (Phi) is 4.34. The Balaban J connectivity index is 2.20. The first-order chi connectivity index (χ1) is 9.20. The lowest BCUT2D eigenvalue weighted by Gasteiger charge is -2.18. The topological polar surface area (TPSA) is 46.9 Å². The van der Waals surface area contributed by atoms with Crippen molar-refractivity contribution in [2.24, 2.45) is 0 Å². The van der Waals surface area contributed by atoms with Crippen molar-refractivity contribution in [2.75, 3.05) is 5.32 Å². The molecule has 0 fully saturated rings. The third-order valence-corrected chi connectivity index (χ3v) is 3.06. The van der Waals surface area contributed by atoms with Gasteiger partial charge in [0, 0.05) is 25.0 Å². The molecular formula is C15H19N3O. The molecule has 0 radical (unpaired) electrons. The van der Waals surface area contributed by atoms with Crippen LogP contribution in [0.4, 0.5) is 5.69 Å². The minimum atomic E-state index is -0.0486. The van der Waals surface area contributed by atoms with Gasteiger partial charge in [0.1, 0.15) is 0 Å². The van der Waals surface area contributed by atoms with Crippen molar-refractivity contribution in [3.63, 3.8) is 0 Å². The zero-order valence-electron chi connectivity index (χ0n) is 11.3. The Labute approximate surface area is 113 Å². The summed E-state index contributed by atoms with van der Waals surface area (Å²) in [4.78, 5) is 15.1. The Morgan fingerprint density at radius 2 is 2.11 bits per heavy atom. The standard InChI is InChI=1S/C15H19N3O/c1-3-4-15(18-10-9-16-11-18)13-5-7-14(8-6-13)17-12(2)19/h5-11,15H,3-4H2,1-2H3,(H,17,19). The minimum Gasteiger partial charge on any atom is -0.330 e. The maximum atomic E-state index is 11.0. The van der Waals surface area contributed by atoms with Crippen molar-refractivity contribution in [1.82, 2.24) is 9.55 Å². The Morgan fingerprint density at radius 1 is 1.37 bits per heavy atom. The number of aromatic nitrogens is 2. The average Bonchev–Trinajstić information content (AvgIpc) is 2.90. The van der Waals surface area contributed by atoms with Gasteiger partial charge in [-0.2, -0.15) is 0 Å². The number of amides is 1. The summed E-state index contributed by atoms with van der Waals surface area (Å²) in [6, 6.07) is 8.31. The molecule has 4 heteroatoms. The Bertz CT molecular complexity index is 517. The van der Waals surface area contributed by atoms with Crippen molar-refractivity contribution in [2.45, 2.75) is 32.7 Å². The maximum absolute atomic E-state index is 11.0. The first-order valence-electron chi connectivity index (χ1n) is 6.55. The van der Waals surface area contributed by atoms with Gasteiger partial charge in [0.25, 0.3) is 0 Å². The summed E-state index contributed by atoms with van der Waals surface area (Å²) in [5, 5.41) is 2.78. The number of hydrogen-bond donors (Lipinski definition) is 1. The molecule has 0 bridgehead atoms. The van der Waals surface area contributed by atoms with Crippen LogP contribution in [0.1, 0.15) is 38.3 Å². The molecule has 0 aliphatic heterocycles. The number of anilines is 1. The van der Waals surface area contributed by atoms with Crippen LogP contribution in [0.25, 0.3) is 0 Å². The molecule has 2 aromatic rings. The number of nitrogens with one attached hydrogen (secondary N) is 1. The molecule has 1 unspecified atom stereocenters. The van der Waals surface area contributed by atoms with E-state index >= 15 is 0 Å². The fraction of sp³-hybridized carbons (Fsp3) is 0.333. The number of nitrogens with zero attached hydrogens (tertiary/aromatic N) is 2. The molecule has 0 saturated carbocycles. The van der Waals surface area contributed by atoms with E-state index in [-0.39, 0.29) is 5.91 Å². The minimum absolute atomic E-state index is 0.0486. The molecule has 1 N–H and O–H groups in total. The quantitative estimate of drug-likeness (QED) is 0.893. The third kappa shape index (κ3) is 3.44. The summed E-state index contributed by atoms with van der Waals surface area (Å²) >= 11 is 0. The Morgan fingerprint density at radius 3 is 2.63 bits per heavy atom. The number of carbonyl (C=O) groups is 1. The summed E-state index contributed by atoms with van der Waals surface area (Å²) in [5.41, 5.74) is 2.06. The van der Waals surface area contributed by atoms with E-state index in [4.69, 9.17) is 0 Å². The Hall–Kier alpha value is -2.10. The highest BCUT2D eigenvalue weighted by atomic mass is 16.1. The lowest BCUT2D eigenvalue weighted by molar-refractivity contribution is -0.114. The van der Waals surface area contributed by atoms with E-state index < -0.39 is 0 Å². The van der Waals surface area contributed by atoms with Gasteiger partial charge in [-0.3, -0.25) is 4.79 Å². The van der Waals surface area contributed by atoms with Crippen LogP contribution in [-0.4, -0.2) is 15.5 Å². The monoisotopic (exact) mass is 257 g/mol. The van der Waals surface area contributed by atoms with E-state index in [1.54, 1.807) is 6.20 Å². The fourth-order valence-electron chi connectivity index (χ4n) is 2.21. The highest BCUT2D eigenvalue weighted by molar-refractivity contribution is 5.88. The number of benzene rings is 1. The molecule has 1 aromatic carbocycles. The van der Waals surface area contributed by atoms with Gasteiger partial charge in [-0.25, -0.2) is 4.98 Å². The second kappa shape index (κ2) is 6.18. The predicted molar refractivity (Wildman–Crippen MR) is 76.0 cm³/mol. The van der Waals surface area contributed by atoms with Gasteiger partial charge in [0.2, 0.25) is 5.91 Å². The largest absolute Gasteiger partial charge is 0.330 e. The van der Waals surface area contributed by atoms with Crippen LogP contribution < -0.4 is 5.32 Å². The number of imidazole rings is 1. The first kappa shape index (κ1) is 13.3. The summed E-state index contributed by atoms with van der Waals surface area (Å²) in [7, 11) is 0. The molecule has 0 aliphatic rings. The van der Waals surface area contributed by atoms with Crippen LogP contribution in [0.3, 0.4) is 0 Å². The summed E-state index contributed by atoms with van der Waals surface area (Å²) in [6.07, 6.45) is 7.81. The molecular weight excluding hydrogens is 238 g/mol. The van der Waals surface area contributed by atoms with Crippen LogP contribution >= 0.6 is 0 Å². The molecule has 19 heavy (non-hydrogen) atoms. The van der Waals surface area contributed by atoms with Crippen molar-refractivity contribution in [1.29, 1.82) is 0 Å². The molecule has 100 valence electrons.